The molecular formula is C13H17NO3. The molecule has 0 aliphatic carbocycles. The second-order valence-electron chi connectivity index (χ2n) is 3.33. The van der Waals surface area contributed by atoms with E-state index in [9.17, 15) is 4.79 Å². The highest BCUT2D eigenvalue weighted by Crippen LogP contribution is 2.12. The van der Waals surface area contributed by atoms with Gasteiger partial charge in [-0.25, -0.2) is 4.79 Å². The van der Waals surface area contributed by atoms with Crippen molar-refractivity contribution in [1.82, 2.24) is 0 Å². The van der Waals surface area contributed by atoms with Crippen LogP contribution in [0.2, 0.25) is 0 Å². The molecule has 0 spiro atoms. The molecule has 0 fully saturated rings. The fraction of sp³-hybridized carbons (Fsp3) is 0.308. The number of benzene rings is 1. The third kappa shape index (κ3) is 4.18. The highest BCUT2D eigenvalue weighted by Gasteiger charge is 2.11. The molecule has 1 aromatic rings. The first-order valence-corrected chi connectivity index (χ1v) is 5.54. The lowest BCUT2D eigenvalue weighted by molar-refractivity contribution is -0.142. The van der Waals surface area contributed by atoms with Crippen LogP contribution in [-0.4, -0.2) is 19.2 Å². The number of rotatable bonds is 5. The second-order valence-corrected chi connectivity index (χ2v) is 3.33. The average Bonchev–Trinajstić information content (AvgIpc) is 2.31. The first kappa shape index (κ1) is 13.1. The molecule has 0 aromatic heterocycles. The summed E-state index contributed by atoms with van der Waals surface area (Å²) in [6, 6.07) is 7.16. The van der Waals surface area contributed by atoms with Crippen molar-refractivity contribution in [3.8, 4) is 0 Å². The first-order valence-electron chi connectivity index (χ1n) is 5.54. The van der Waals surface area contributed by atoms with Crippen molar-refractivity contribution in [2.24, 2.45) is 0 Å². The van der Waals surface area contributed by atoms with Gasteiger partial charge in [-0.1, -0.05) is 12.1 Å². The number of ether oxygens (including phenoxy) is 2. The normalized spacial score (nSPS) is 11.1. The van der Waals surface area contributed by atoms with E-state index in [0.29, 0.717) is 18.9 Å². The first-order chi connectivity index (χ1) is 8.17. The molecule has 0 atom stereocenters. The zero-order valence-electron chi connectivity index (χ0n) is 10.1. The van der Waals surface area contributed by atoms with Gasteiger partial charge in [0.15, 0.2) is 0 Å². The Kier molecular flexibility index (Phi) is 5.07. The maximum atomic E-state index is 11.6. The van der Waals surface area contributed by atoms with E-state index in [4.69, 9.17) is 15.2 Å². The summed E-state index contributed by atoms with van der Waals surface area (Å²) in [5, 5.41) is 0. The number of nitrogens with two attached hydrogens (primary N) is 1. The summed E-state index contributed by atoms with van der Waals surface area (Å²) in [5.41, 5.74) is 7.10. The number of anilines is 1. The van der Waals surface area contributed by atoms with E-state index in [1.165, 1.54) is 0 Å². The molecule has 0 unspecified atom stereocenters. The molecule has 0 radical (unpaired) electrons. The molecule has 0 bridgehead atoms. The zero-order valence-corrected chi connectivity index (χ0v) is 10.1. The minimum Gasteiger partial charge on any atom is -0.487 e. The van der Waals surface area contributed by atoms with Crippen LogP contribution in [0, 0.1) is 0 Å². The minimum atomic E-state index is -0.453. The minimum absolute atomic E-state index is 0.208. The van der Waals surface area contributed by atoms with Crippen molar-refractivity contribution < 1.29 is 14.3 Å². The third-order valence-corrected chi connectivity index (χ3v) is 2.01. The smallest absolute Gasteiger partial charge is 0.373 e. The summed E-state index contributed by atoms with van der Waals surface area (Å²) in [6.45, 7) is 4.31. The fourth-order valence-electron chi connectivity index (χ4n) is 1.26. The third-order valence-electron chi connectivity index (χ3n) is 2.01. The van der Waals surface area contributed by atoms with Crippen LogP contribution in [0.4, 0.5) is 5.69 Å². The molecule has 0 saturated carbocycles. The molecule has 0 aliphatic heterocycles. The summed E-state index contributed by atoms with van der Waals surface area (Å²) >= 11 is 0. The van der Waals surface area contributed by atoms with Crippen molar-refractivity contribution in [3.05, 3.63) is 35.6 Å². The van der Waals surface area contributed by atoms with E-state index < -0.39 is 5.97 Å². The molecule has 0 aliphatic rings. The summed E-state index contributed by atoms with van der Waals surface area (Å²) in [6.07, 6.45) is 1.64. The van der Waals surface area contributed by atoms with Crippen LogP contribution in [0.3, 0.4) is 0 Å². The van der Waals surface area contributed by atoms with Crippen molar-refractivity contribution >= 4 is 17.7 Å². The molecule has 4 heteroatoms. The van der Waals surface area contributed by atoms with Crippen LogP contribution in [-0.2, 0) is 14.3 Å². The van der Waals surface area contributed by atoms with E-state index in [-0.39, 0.29) is 5.76 Å². The van der Waals surface area contributed by atoms with E-state index in [2.05, 4.69) is 0 Å². The van der Waals surface area contributed by atoms with Gasteiger partial charge in [0.1, 0.15) is 0 Å². The molecular weight excluding hydrogens is 218 g/mol. The molecule has 0 heterocycles. The predicted octanol–water partition coefficient (Wildman–Crippen LogP) is 2.21. The topological polar surface area (TPSA) is 61.5 Å². The fourth-order valence-corrected chi connectivity index (χ4v) is 1.26. The lowest BCUT2D eigenvalue weighted by atomic mass is 10.2. The Bertz CT molecular complexity index is 396. The maximum Gasteiger partial charge on any atom is 0.373 e. The number of nitrogen functional groups attached to an aromatic ring is 1. The van der Waals surface area contributed by atoms with Crippen LogP contribution in [0.15, 0.2) is 30.0 Å². The summed E-state index contributed by atoms with van der Waals surface area (Å²) in [4.78, 5) is 11.6. The van der Waals surface area contributed by atoms with Crippen LogP contribution >= 0.6 is 0 Å². The van der Waals surface area contributed by atoms with Crippen LogP contribution < -0.4 is 5.73 Å². The number of carbonyl (C=O) groups is 1. The highest BCUT2D eigenvalue weighted by atomic mass is 16.6. The summed E-state index contributed by atoms with van der Waals surface area (Å²) < 4.78 is 10.1. The van der Waals surface area contributed by atoms with Gasteiger partial charge in [0.2, 0.25) is 5.76 Å². The standard InChI is InChI=1S/C13H17NO3/c1-3-16-12(13(15)17-4-2)9-10-5-7-11(14)8-6-10/h5-9H,3-4,14H2,1-2H3. The summed E-state index contributed by atoms with van der Waals surface area (Å²) in [7, 11) is 0. The summed E-state index contributed by atoms with van der Waals surface area (Å²) in [5.74, 6) is -0.245. The van der Waals surface area contributed by atoms with Gasteiger partial charge in [-0.2, -0.15) is 0 Å². The Labute approximate surface area is 101 Å². The SMILES string of the molecule is CCOC(=O)C(=Cc1ccc(N)cc1)OCC. The van der Waals surface area contributed by atoms with Crippen LogP contribution in [0.25, 0.3) is 6.08 Å². The maximum absolute atomic E-state index is 11.6. The van der Waals surface area contributed by atoms with Crippen molar-refractivity contribution in [2.75, 3.05) is 18.9 Å². The number of hydrogen-bond donors (Lipinski definition) is 1. The van der Waals surface area contributed by atoms with E-state index >= 15 is 0 Å². The molecule has 4 nitrogen and oxygen atoms in total. The van der Waals surface area contributed by atoms with Crippen LogP contribution in [0.5, 0.6) is 0 Å². The van der Waals surface area contributed by atoms with Gasteiger partial charge < -0.3 is 15.2 Å². The number of carbonyl (C=O) groups excluding carboxylic acids is 1. The predicted molar refractivity (Wildman–Crippen MR) is 67.1 cm³/mol. The lowest BCUT2D eigenvalue weighted by Gasteiger charge is -2.07. The average molecular weight is 235 g/mol. The molecule has 17 heavy (non-hydrogen) atoms. The highest BCUT2D eigenvalue weighted by molar-refractivity contribution is 5.91. The van der Waals surface area contributed by atoms with Crippen molar-refractivity contribution in [2.45, 2.75) is 13.8 Å². The Morgan fingerprint density at radius 1 is 1.18 bits per heavy atom. The lowest BCUT2D eigenvalue weighted by Crippen LogP contribution is -2.10. The van der Waals surface area contributed by atoms with Crippen LogP contribution in [0.1, 0.15) is 19.4 Å². The van der Waals surface area contributed by atoms with Gasteiger partial charge in [0, 0.05) is 5.69 Å². The Balaban J connectivity index is 2.89. The van der Waals surface area contributed by atoms with Crippen molar-refractivity contribution in [1.29, 1.82) is 0 Å². The van der Waals surface area contributed by atoms with Gasteiger partial charge in [-0.05, 0) is 37.6 Å². The van der Waals surface area contributed by atoms with Gasteiger partial charge in [0.05, 0.1) is 13.2 Å². The Morgan fingerprint density at radius 3 is 2.29 bits per heavy atom. The van der Waals surface area contributed by atoms with E-state index in [1.54, 1.807) is 25.1 Å². The van der Waals surface area contributed by atoms with Crippen molar-refractivity contribution in [3.63, 3.8) is 0 Å². The Morgan fingerprint density at radius 2 is 1.76 bits per heavy atom. The zero-order chi connectivity index (χ0) is 12.7. The quantitative estimate of drug-likeness (QED) is 0.368. The molecule has 1 rings (SSSR count). The second kappa shape index (κ2) is 6.58. The molecule has 2 N–H and O–H groups in total. The van der Waals surface area contributed by atoms with Gasteiger partial charge in [-0.15, -0.1) is 0 Å². The van der Waals surface area contributed by atoms with Gasteiger partial charge in [0.25, 0.3) is 0 Å². The largest absolute Gasteiger partial charge is 0.487 e. The van der Waals surface area contributed by atoms with E-state index in [1.807, 2.05) is 19.1 Å². The molecule has 0 saturated heterocycles. The number of hydrogen-bond acceptors (Lipinski definition) is 4. The molecule has 0 amide bonds. The number of esters is 1. The van der Waals surface area contributed by atoms with Gasteiger partial charge >= 0.3 is 5.97 Å². The van der Waals surface area contributed by atoms with E-state index in [0.717, 1.165) is 5.56 Å². The Hall–Kier alpha value is -1.97. The molecule has 1 aromatic carbocycles. The monoisotopic (exact) mass is 235 g/mol. The van der Waals surface area contributed by atoms with Gasteiger partial charge in [-0.3, -0.25) is 0 Å². The molecule has 92 valence electrons.